The summed E-state index contributed by atoms with van der Waals surface area (Å²) in [6, 6.07) is 13.5. The number of aryl methyl sites for hydroxylation is 3. The monoisotopic (exact) mass is 415 g/mol. The summed E-state index contributed by atoms with van der Waals surface area (Å²) in [6.07, 6.45) is 3.54. The normalized spacial score (nSPS) is 23.7. The van der Waals surface area contributed by atoms with E-state index in [1.807, 2.05) is 23.6 Å². The minimum absolute atomic E-state index is 0.122. The third kappa shape index (κ3) is 3.41. The minimum atomic E-state index is 0.122. The molecule has 1 saturated carbocycles. The van der Waals surface area contributed by atoms with E-state index in [2.05, 4.69) is 56.9 Å². The van der Waals surface area contributed by atoms with Gasteiger partial charge in [0.25, 0.3) is 5.56 Å². The highest BCUT2D eigenvalue weighted by Crippen LogP contribution is 2.61. The molecule has 0 unspecified atom stereocenters. The number of hydrogen-bond acceptors (Lipinski definition) is 3. The van der Waals surface area contributed by atoms with E-state index in [9.17, 15) is 4.79 Å². The first-order chi connectivity index (χ1) is 14.8. The maximum atomic E-state index is 13.7. The summed E-state index contributed by atoms with van der Waals surface area (Å²) in [6.45, 7) is 13.1. The van der Waals surface area contributed by atoms with E-state index in [0.29, 0.717) is 6.04 Å². The van der Waals surface area contributed by atoms with Crippen LogP contribution in [0.1, 0.15) is 56.1 Å². The molecule has 31 heavy (non-hydrogen) atoms. The standard InChI is InChI=1S/C27H33N3O/c1-17(2)29-12-6-11-27(16-29)15-25(27)30-20(5)28-24-10-9-22(14-23(24)26(30)31)21-8-7-18(3)19(4)13-21/h7-10,13-14,17,25H,6,11-12,15-16H2,1-5H3/t25-,27+/m0/s1. The zero-order valence-electron chi connectivity index (χ0n) is 19.4. The van der Waals surface area contributed by atoms with Crippen LogP contribution in [-0.2, 0) is 0 Å². The van der Waals surface area contributed by atoms with E-state index in [0.717, 1.165) is 40.8 Å². The molecule has 1 spiro atoms. The second kappa shape index (κ2) is 7.30. The van der Waals surface area contributed by atoms with Crippen LogP contribution >= 0.6 is 0 Å². The lowest BCUT2D eigenvalue weighted by atomic mass is 9.93. The van der Waals surface area contributed by atoms with Gasteiger partial charge in [0, 0.05) is 24.0 Å². The Bertz CT molecular complexity index is 1230. The van der Waals surface area contributed by atoms with Gasteiger partial charge >= 0.3 is 0 Å². The van der Waals surface area contributed by atoms with Crippen LogP contribution in [0.2, 0.25) is 0 Å². The molecule has 3 aromatic rings. The average molecular weight is 416 g/mol. The van der Waals surface area contributed by atoms with Crippen LogP contribution in [0.25, 0.3) is 22.0 Å². The first kappa shape index (κ1) is 20.4. The predicted octanol–water partition coefficient (Wildman–Crippen LogP) is 5.42. The third-order valence-corrected chi connectivity index (χ3v) is 7.74. The molecular weight excluding hydrogens is 382 g/mol. The maximum Gasteiger partial charge on any atom is 0.261 e. The molecule has 0 N–H and O–H groups in total. The zero-order chi connectivity index (χ0) is 21.9. The van der Waals surface area contributed by atoms with Crippen molar-refractivity contribution in [3.05, 3.63) is 63.7 Å². The van der Waals surface area contributed by atoms with Crippen LogP contribution in [0.5, 0.6) is 0 Å². The summed E-state index contributed by atoms with van der Waals surface area (Å²) >= 11 is 0. The Balaban J connectivity index is 1.56. The van der Waals surface area contributed by atoms with Gasteiger partial charge in [-0.25, -0.2) is 4.98 Å². The Hall–Kier alpha value is -2.46. The fourth-order valence-corrected chi connectivity index (χ4v) is 5.54. The van der Waals surface area contributed by atoms with E-state index < -0.39 is 0 Å². The number of nitrogens with zero attached hydrogens (tertiary/aromatic N) is 3. The molecule has 2 aliphatic rings. The quantitative estimate of drug-likeness (QED) is 0.573. The molecule has 2 atom stereocenters. The van der Waals surface area contributed by atoms with Crippen molar-refractivity contribution < 1.29 is 0 Å². The fourth-order valence-electron chi connectivity index (χ4n) is 5.54. The molecular formula is C27H33N3O. The van der Waals surface area contributed by atoms with Gasteiger partial charge in [0.2, 0.25) is 0 Å². The van der Waals surface area contributed by atoms with Gasteiger partial charge in [0.15, 0.2) is 0 Å². The van der Waals surface area contributed by atoms with Crippen molar-refractivity contribution in [2.75, 3.05) is 13.1 Å². The molecule has 5 rings (SSSR count). The van der Waals surface area contributed by atoms with Gasteiger partial charge in [0.05, 0.1) is 10.9 Å². The lowest BCUT2D eigenvalue weighted by Gasteiger charge is -2.36. The van der Waals surface area contributed by atoms with E-state index in [1.165, 1.54) is 30.5 Å². The lowest BCUT2D eigenvalue weighted by Crippen LogP contribution is -2.42. The first-order valence-electron chi connectivity index (χ1n) is 11.6. The summed E-state index contributed by atoms with van der Waals surface area (Å²) in [5.74, 6) is 0.847. The summed E-state index contributed by atoms with van der Waals surface area (Å²) in [5.41, 5.74) is 5.96. The molecule has 0 bridgehead atoms. The number of fused-ring (bicyclic) bond motifs is 1. The molecule has 4 heteroatoms. The predicted molar refractivity (Wildman–Crippen MR) is 128 cm³/mol. The Labute approximate surface area is 184 Å². The van der Waals surface area contributed by atoms with Crippen LogP contribution in [0.3, 0.4) is 0 Å². The van der Waals surface area contributed by atoms with Crippen molar-refractivity contribution in [1.82, 2.24) is 14.5 Å². The van der Waals surface area contributed by atoms with Gasteiger partial charge in [-0.3, -0.25) is 9.36 Å². The highest BCUT2D eigenvalue weighted by molar-refractivity contribution is 5.84. The Kier molecular flexibility index (Phi) is 4.82. The molecule has 2 fully saturated rings. The molecule has 1 aliphatic carbocycles. The molecule has 0 radical (unpaired) electrons. The number of benzene rings is 2. The molecule has 1 aromatic heterocycles. The van der Waals surface area contributed by atoms with E-state index >= 15 is 0 Å². The third-order valence-electron chi connectivity index (χ3n) is 7.74. The van der Waals surface area contributed by atoms with Gasteiger partial charge in [-0.05, 0) is 94.8 Å². The largest absolute Gasteiger partial charge is 0.300 e. The Morgan fingerprint density at radius 3 is 2.52 bits per heavy atom. The summed E-state index contributed by atoms with van der Waals surface area (Å²) in [5, 5.41) is 0.736. The molecule has 1 saturated heterocycles. The molecule has 1 aliphatic heterocycles. The second-order valence-electron chi connectivity index (χ2n) is 10.1. The highest BCUT2D eigenvalue weighted by Gasteiger charge is 2.57. The molecule has 2 heterocycles. The van der Waals surface area contributed by atoms with Crippen molar-refractivity contribution in [2.45, 2.75) is 66.0 Å². The number of rotatable bonds is 3. The topological polar surface area (TPSA) is 38.1 Å². The van der Waals surface area contributed by atoms with Crippen molar-refractivity contribution in [3.8, 4) is 11.1 Å². The molecule has 2 aromatic carbocycles. The van der Waals surface area contributed by atoms with Crippen molar-refractivity contribution in [1.29, 1.82) is 0 Å². The lowest BCUT2D eigenvalue weighted by molar-refractivity contribution is 0.119. The van der Waals surface area contributed by atoms with Crippen LogP contribution < -0.4 is 5.56 Å². The number of piperidine rings is 1. The van der Waals surface area contributed by atoms with Crippen LogP contribution in [-0.4, -0.2) is 33.6 Å². The van der Waals surface area contributed by atoms with Gasteiger partial charge in [-0.2, -0.15) is 0 Å². The number of aromatic nitrogens is 2. The average Bonchev–Trinajstić information content (AvgIpc) is 3.41. The fraction of sp³-hybridized carbons (Fsp3) is 0.481. The first-order valence-corrected chi connectivity index (χ1v) is 11.6. The van der Waals surface area contributed by atoms with Gasteiger partial charge < -0.3 is 4.90 Å². The maximum absolute atomic E-state index is 13.7. The van der Waals surface area contributed by atoms with Crippen molar-refractivity contribution in [2.24, 2.45) is 5.41 Å². The van der Waals surface area contributed by atoms with Crippen LogP contribution in [0.15, 0.2) is 41.2 Å². The highest BCUT2D eigenvalue weighted by atomic mass is 16.1. The summed E-state index contributed by atoms with van der Waals surface area (Å²) in [7, 11) is 0. The number of likely N-dealkylation sites (tertiary alicyclic amines) is 1. The van der Waals surface area contributed by atoms with Crippen molar-refractivity contribution in [3.63, 3.8) is 0 Å². The molecule has 4 nitrogen and oxygen atoms in total. The zero-order valence-corrected chi connectivity index (χ0v) is 19.4. The van der Waals surface area contributed by atoms with Gasteiger partial charge in [-0.15, -0.1) is 0 Å². The van der Waals surface area contributed by atoms with Crippen molar-refractivity contribution >= 4 is 10.9 Å². The Morgan fingerprint density at radius 1 is 1.03 bits per heavy atom. The Morgan fingerprint density at radius 2 is 1.77 bits per heavy atom. The molecule has 162 valence electrons. The van der Waals surface area contributed by atoms with Gasteiger partial charge in [0.1, 0.15) is 5.82 Å². The van der Waals surface area contributed by atoms with E-state index in [1.54, 1.807) is 0 Å². The molecule has 0 amide bonds. The van der Waals surface area contributed by atoms with Gasteiger partial charge in [-0.1, -0.05) is 24.3 Å². The minimum Gasteiger partial charge on any atom is -0.300 e. The smallest absolute Gasteiger partial charge is 0.261 e. The SMILES string of the molecule is Cc1ccc(-c2ccc3nc(C)n([C@H]4C[C@@]45CCCN(C(C)C)C5)c(=O)c3c2)cc1C. The summed E-state index contributed by atoms with van der Waals surface area (Å²) < 4.78 is 2.01. The number of hydrogen-bond donors (Lipinski definition) is 0. The van der Waals surface area contributed by atoms with Crippen LogP contribution in [0.4, 0.5) is 0 Å². The summed E-state index contributed by atoms with van der Waals surface area (Å²) in [4.78, 5) is 21.1. The van der Waals surface area contributed by atoms with Crippen LogP contribution in [0, 0.1) is 26.2 Å². The second-order valence-corrected chi connectivity index (χ2v) is 10.1. The van der Waals surface area contributed by atoms with E-state index in [-0.39, 0.29) is 17.0 Å². The van der Waals surface area contributed by atoms with E-state index in [4.69, 9.17) is 4.98 Å².